The minimum atomic E-state index is -0.0633. The number of rotatable bonds is 5. The summed E-state index contributed by atoms with van der Waals surface area (Å²) < 4.78 is 5.32. The Hall–Kier alpha value is -0.650. The van der Waals surface area contributed by atoms with Crippen LogP contribution in [0.4, 0.5) is 0 Å². The Morgan fingerprint density at radius 2 is 2.22 bits per heavy atom. The predicted octanol–water partition coefficient (Wildman–Crippen LogP) is 0.0338. The van der Waals surface area contributed by atoms with Crippen molar-refractivity contribution in [1.29, 1.82) is 0 Å². The maximum Gasteiger partial charge on any atom is 0.221 e. The molecule has 5 heteroatoms. The number of nitrogens with one attached hydrogen (secondary N) is 2. The highest BCUT2D eigenvalue weighted by Crippen LogP contribution is 2.36. The summed E-state index contributed by atoms with van der Waals surface area (Å²) in [7, 11) is 0. The number of hydrogen-bond acceptors (Lipinski definition) is 4. The van der Waals surface area contributed by atoms with Crippen molar-refractivity contribution in [2.45, 2.75) is 38.1 Å². The molecule has 1 unspecified atom stereocenters. The molecule has 2 aliphatic rings. The Bertz CT molecular complexity index is 271. The van der Waals surface area contributed by atoms with Gasteiger partial charge in [0.2, 0.25) is 5.91 Å². The molecule has 1 aliphatic heterocycles. The number of amides is 1. The van der Waals surface area contributed by atoms with Crippen molar-refractivity contribution in [3.8, 4) is 0 Å². The Kier molecular flexibility index (Phi) is 4.97. The standard InChI is InChI=1S/C13H24N2O3/c16-10-13(3-1-2-4-13)9-15-12(17)7-11-8-18-6-5-14-11/h11,14,16H,1-10H2,(H,15,17). The molecular weight excluding hydrogens is 232 g/mol. The Labute approximate surface area is 108 Å². The zero-order valence-electron chi connectivity index (χ0n) is 10.9. The summed E-state index contributed by atoms with van der Waals surface area (Å²) in [5.41, 5.74) is -0.0633. The summed E-state index contributed by atoms with van der Waals surface area (Å²) >= 11 is 0. The molecule has 2 fully saturated rings. The number of carbonyl (C=O) groups is 1. The summed E-state index contributed by atoms with van der Waals surface area (Å²) in [6.45, 7) is 2.94. The maximum absolute atomic E-state index is 11.8. The molecule has 1 atom stereocenters. The molecule has 0 bridgehead atoms. The van der Waals surface area contributed by atoms with Gasteiger partial charge in [0.1, 0.15) is 0 Å². The molecule has 18 heavy (non-hydrogen) atoms. The lowest BCUT2D eigenvalue weighted by molar-refractivity contribution is -0.122. The van der Waals surface area contributed by atoms with E-state index in [9.17, 15) is 9.90 Å². The molecule has 0 aromatic carbocycles. The Morgan fingerprint density at radius 3 is 2.83 bits per heavy atom. The van der Waals surface area contributed by atoms with E-state index >= 15 is 0 Å². The van der Waals surface area contributed by atoms with E-state index in [2.05, 4.69) is 10.6 Å². The van der Waals surface area contributed by atoms with Gasteiger partial charge in [0.15, 0.2) is 0 Å². The first kappa shape index (κ1) is 13.8. The van der Waals surface area contributed by atoms with Crippen LogP contribution in [0.5, 0.6) is 0 Å². The van der Waals surface area contributed by atoms with Gasteiger partial charge in [-0.15, -0.1) is 0 Å². The van der Waals surface area contributed by atoms with Crippen molar-refractivity contribution in [3.05, 3.63) is 0 Å². The van der Waals surface area contributed by atoms with Crippen molar-refractivity contribution in [2.24, 2.45) is 5.41 Å². The topological polar surface area (TPSA) is 70.6 Å². The first-order valence-electron chi connectivity index (χ1n) is 6.93. The highest BCUT2D eigenvalue weighted by molar-refractivity contribution is 5.76. The highest BCUT2D eigenvalue weighted by atomic mass is 16.5. The lowest BCUT2D eigenvalue weighted by atomic mass is 9.87. The predicted molar refractivity (Wildman–Crippen MR) is 68.2 cm³/mol. The molecule has 1 saturated carbocycles. The van der Waals surface area contributed by atoms with Crippen LogP contribution in [0, 0.1) is 5.41 Å². The fraction of sp³-hybridized carbons (Fsp3) is 0.923. The molecule has 2 rings (SSSR count). The molecule has 104 valence electrons. The van der Waals surface area contributed by atoms with Crippen molar-refractivity contribution in [3.63, 3.8) is 0 Å². The summed E-state index contributed by atoms with van der Waals surface area (Å²) in [6, 6.07) is 0.132. The summed E-state index contributed by atoms with van der Waals surface area (Å²) in [5, 5.41) is 15.7. The number of aliphatic hydroxyl groups is 1. The average molecular weight is 256 g/mol. The fourth-order valence-electron chi connectivity index (χ4n) is 2.85. The summed E-state index contributed by atoms with van der Waals surface area (Å²) in [6.07, 6.45) is 4.83. The third-order valence-electron chi connectivity index (χ3n) is 4.09. The van der Waals surface area contributed by atoms with Gasteiger partial charge in [0.05, 0.1) is 19.8 Å². The number of aliphatic hydroxyl groups excluding tert-OH is 1. The third kappa shape index (κ3) is 3.67. The lowest BCUT2D eigenvalue weighted by Crippen LogP contribution is -2.46. The van der Waals surface area contributed by atoms with E-state index < -0.39 is 0 Å². The Balaban J connectivity index is 1.70. The second kappa shape index (κ2) is 6.50. The van der Waals surface area contributed by atoms with Crippen LogP contribution in [0.1, 0.15) is 32.1 Å². The lowest BCUT2D eigenvalue weighted by Gasteiger charge is -2.28. The number of morpholine rings is 1. The van der Waals surface area contributed by atoms with Crippen LogP contribution in [0.15, 0.2) is 0 Å². The van der Waals surface area contributed by atoms with E-state index in [0.29, 0.717) is 19.6 Å². The van der Waals surface area contributed by atoms with E-state index in [-0.39, 0.29) is 24.0 Å². The van der Waals surface area contributed by atoms with E-state index in [0.717, 1.165) is 38.8 Å². The van der Waals surface area contributed by atoms with Crippen LogP contribution < -0.4 is 10.6 Å². The fourth-order valence-corrected chi connectivity index (χ4v) is 2.85. The molecule has 5 nitrogen and oxygen atoms in total. The van der Waals surface area contributed by atoms with Crippen LogP contribution in [0.25, 0.3) is 0 Å². The van der Waals surface area contributed by atoms with Gasteiger partial charge in [-0.2, -0.15) is 0 Å². The zero-order valence-corrected chi connectivity index (χ0v) is 10.9. The molecule has 0 radical (unpaired) electrons. The van der Waals surface area contributed by atoms with Gasteiger partial charge in [-0.05, 0) is 12.8 Å². The van der Waals surface area contributed by atoms with Gasteiger partial charge in [0, 0.05) is 31.0 Å². The van der Waals surface area contributed by atoms with Crippen molar-refractivity contribution >= 4 is 5.91 Å². The van der Waals surface area contributed by atoms with Crippen LogP contribution in [-0.2, 0) is 9.53 Å². The van der Waals surface area contributed by atoms with E-state index in [4.69, 9.17) is 4.74 Å². The summed E-state index contributed by atoms with van der Waals surface area (Å²) in [5.74, 6) is 0.0534. The molecule has 1 saturated heterocycles. The van der Waals surface area contributed by atoms with E-state index in [1.807, 2.05) is 0 Å². The zero-order chi connectivity index (χ0) is 12.8. The average Bonchev–Trinajstić information content (AvgIpc) is 2.87. The van der Waals surface area contributed by atoms with Gasteiger partial charge in [-0.25, -0.2) is 0 Å². The first-order valence-corrected chi connectivity index (χ1v) is 6.93. The molecule has 3 N–H and O–H groups in total. The number of carbonyl (C=O) groups excluding carboxylic acids is 1. The van der Waals surface area contributed by atoms with Gasteiger partial charge in [-0.3, -0.25) is 4.79 Å². The maximum atomic E-state index is 11.8. The minimum Gasteiger partial charge on any atom is -0.396 e. The molecule has 1 heterocycles. The second-order valence-corrected chi connectivity index (χ2v) is 5.57. The van der Waals surface area contributed by atoms with Crippen molar-refractivity contribution in [2.75, 3.05) is 32.9 Å². The van der Waals surface area contributed by atoms with Gasteiger partial charge in [-0.1, -0.05) is 12.8 Å². The van der Waals surface area contributed by atoms with Gasteiger partial charge < -0.3 is 20.5 Å². The van der Waals surface area contributed by atoms with Gasteiger partial charge >= 0.3 is 0 Å². The van der Waals surface area contributed by atoms with Crippen molar-refractivity contribution < 1.29 is 14.6 Å². The SMILES string of the molecule is O=C(CC1COCCN1)NCC1(CO)CCCC1. The molecule has 0 aromatic rings. The quantitative estimate of drug-likeness (QED) is 0.649. The van der Waals surface area contributed by atoms with Crippen LogP contribution in [0.2, 0.25) is 0 Å². The molecule has 0 spiro atoms. The van der Waals surface area contributed by atoms with E-state index in [1.54, 1.807) is 0 Å². The van der Waals surface area contributed by atoms with Crippen LogP contribution in [0.3, 0.4) is 0 Å². The van der Waals surface area contributed by atoms with Gasteiger partial charge in [0.25, 0.3) is 0 Å². The third-order valence-corrected chi connectivity index (χ3v) is 4.09. The molecular formula is C13H24N2O3. The van der Waals surface area contributed by atoms with Crippen LogP contribution in [-0.4, -0.2) is 50.0 Å². The monoisotopic (exact) mass is 256 g/mol. The number of ether oxygens (including phenoxy) is 1. The second-order valence-electron chi connectivity index (χ2n) is 5.57. The summed E-state index contributed by atoms with van der Waals surface area (Å²) in [4.78, 5) is 11.8. The molecule has 1 aliphatic carbocycles. The molecule has 0 aromatic heterocycles. The normalized spacial score (nSPS) is 27.1. The Morgan fingerprint density at radius 1 is 1.44 bits per heavy atom. The number of hydrogen-bond donors (Lipinski definition) is 3. The smallest absolute Gasteiger partial charge is 0.221 e. The minimum absolute atomic E-state index is 0.0534. The largest absolute Gasteiger partial charge is 0.396 e. The van der Waals surface area contributed by atoms with Crippen molar-refractivity contribution in [1.82, 2.24) is 10.6 Å². The highest BCUT2D eigenvalue weighted by Gasteiger charge is 2.33. The first-order chi connectivity index (χ1) is 8.74. The molecule has 1 amide bonds. The van der Waals surface area contributed by atoms with E-state index in [1.165, 1.54) is 0 Å². The van der Waals surface area contributed by atoms with Crippen LogP contribution >= 0.6 is 0 Å².